The first-order chi connectivity index (χ1) is 10.6. The molecule has 0 aliphatic carbocycles. The molecule has 0 aliphatic heterocycles. The minimum absolute atomic E-state index is 0.0907. The van der Waals surface area contributed by atoms with Gasteiger partial charge in [-0.05, 0) is 61.9 Å². The summed E-state index contributed by atoms with van der Waals surface area (Å²) in [5.74, 6) is 0.720. The van der Waals surface area contributed by atoms with Crippen molar-refractivity contribution in [1.82, 2.24) is 0 Å². The molecule has 0 aliphatic rings. The van der Waals surface area contributed by atoms with E-state index in [-0.39, 0.29) is 11.9 Å². The van der Waals surface area contributed by atoms with Gasteiger partial charge in [0.2, 0.25) is 0 Å². The number of carbonyl (C=O) groups excluding carboxylic acids is 1. The molecule has 2 aromatic carbocycles. The summed E-state index contributed by atoms with van der Waals surface area (Å²) in [5.41, 5.74) is 2.04. The molecule has 0 unspecified atom stereocenters. The quantitative estimate of drug-likeness (QED) is 0.611. The topological polar surface area (TPSA) is 50.1 Å². The zero-order chi connectivity index (χ0) is 15.9. The van der Waals surface area contributed by atoms with Crippen LogP contribution in [0.2, 0.25) is 0 Å². The Bertz CT molecular complexity index is 705. The van der Waals surface area contributed by atoms with Gasteiger partial charge < -0.3 is 4.74 Å². The van der Waals surface area contributed by atoms with Crippen molar-refractivity contribution in [2.45, 2.75) is 20.0 Å². The second-order valence-electron chi connectivity index (χ2n) is 5.12. The summed E-state index contributed by atoms with van der Waals surface area (Å²) in [7, 11) is 0. The van der Waals surface area contributed by atoms with Crippen molar-refractivity contribution in [2.24, 2.45) is 0 Å². The Morgan fingerprint density at radius 3 is 2.27 bits per heavy atom. The molecule has 0 amide bonds. The molecule has 0 bridgehead atoms. The molecule has 110 valence electrons. The lowest BCUT2D eigenvalue weighted by Crippen LogP contribution is -2.05. The molecule has 0 spiro atoms. The van der Waals surface area contributed by atoms with E-state index in [1.54, 1.807) is 30.3 Å². The second kappa shape index (κ2) is 7.24. The van der Waals surface area contributed by atoms with Gasteiger partial charge in [-0.2, -0.15) is 5.26 Å². The van der Waals surface area contributed by atoms with Crippen molar-refractivity contribution >= 4 is 11.9 Å². The zero-order valence-electron chi connectivity index (χ0n) is 12.6. The minimum Gasteiger partial charge on any atom is -0.491 e. The van der Waals surface area contributed by atoms with E-state index in [4.69, 9.17) is 10.00 Å². The van der Waals surface area contributed by atoms with Gasteiger partial charge in [0, 0.05) is 5.56 Å². The lowest BCUT2D eigenvalue weighted by molar-refractivity contribution is 0.104. The predicted molar refractivity (Wildman–Crippen MR) is 86.7 cm³/mol. The monoisotopic (exact) mass is 291 g/mol. The SMILES string of the molecule is CC(C)Oc1ccc(C=CC(=O)c2ccc(C#N)cc2)cc1. The van der Waals surface area contributed by atoms with E-state index in [0.29, 0.717) is 11.1 Å². The van der Waals surface area contributed by atoms with Crippen LogP contribution >= 0.6 is 0 Å². The summed E-state index contributed by atoms with van der Waals surface area (Å²) in [5, 5.41) is 8.74. The van der Waals surface area contributed by atoms with Crippen molar-refractivity contribution in [3.05, 3.63) is 71.3 Å². The Morgan fingerprint density at radius 2 is 1.73 bits per heavy atom. The van der Waals surface area contributed by atoms with Crippen LogP contribution in [-0.4, -0.2) is 11.9 Å². The van der Waals surface area contributed by atoms with Crippen molar-refractivity contribution in [1.29, 1.82) is 5.26 Å². The van der Waals surface area contributed by atoms with Crippen molar-refractivity contribution < 1.29 is 9.53 Å². The molecule has 2 rings (SSSR count). The number of rotatable bonds is 5. The maximum absolute atomic E-state index is 12.0. The van der Waals surface area contributed by atoms with E-state index in [9.17, 15) is 4.79 Å². The third-order valence-electron chi connectivity index (χ3n) is 2.98. The van der Waals surface area contributed by atoms with Gasteiger partial charge in [0.1, 0.15) is 5.75 Å². The second-order valence-corrected chi connectivity index (χ2v) is 5.12. The molecule has 0 heterocycles. The molecular formula is C19H17NO2. The number of hydrogen-bond acceptors (Lipinski definition) is 3. The smallest absolute Gasteiger partial charge is 0.185 e. The van der Waals surface area contributed by atoms with Gasteiger partial charge in [-0.25, -0.2) is 0 Å². The van der Waals surface area contributed by atoms with Crippen molar-refractivity contribution in [3.63, 3.8) is 0 Å². The number of nitriles is 1. The van der Waals surface area contributed by atoms with E-state index < -0.39 is 0 Å². The first kappa shape index (κ1) is 15.5. The molecular weight excluding hydrogens is 274 g/mol. The molecule has 0 fully saturated rings. The highest BCUT2D eigenvalue weighted by Gasteiger charge is 2.02. The lowest BCUT2D eigenvalue weighted by Gasteiger charge is -2.09. The zero-order valence-corrected chi connectivity index (χ0v) is 12.6. The van der Waals surface area contributed by atoms with E-state index in [2.05, 4.69) is 0 Å². The predicted octanol–water partition coefficient (Wildman–Crippen LogP) is 4.24. The number of allylic oxidation sites excluding steroid dienone is 1. The molecule has 2 aromatic rings. The van der Waals surface area contributed by atoms with Crippen molar-refractivity contribution in [3.8, 4) is 11.8 Å². The van der Waals surface area contributed by atoms with Gasteiger partial charge in [0.15, 0.2) is 5.78 Å². The molecule has 0 aromatic heterocycles. The van der Waals surface area contributed by atoms with Crippen LogP contribution in [0, 0.1) is 11.3 Å². The minimum atomic E-state index is -0.0907. The highest BCUT2D eigenvalue weighted by atomic mass is 16.5. The van der Waals surface area contributed by atoms with Crippen LogP contribution in [0.3, 0.4) is 0 Å². The van der Waals surface area contributed by atoms with Gasteiger partial charge in [-0.3, -0.25) is 4.79 Å². The normalized spacial score (nSPS) is 10.6. The van der Waals surface area contributed by atoms with Crippen molar-refractivity contribution in [2.75, 3.05) is 0 Å². The average Bonchev–Trinajstić information content (AvgIpc) is 2.53. The number of ether oxygens (including phenoxy) is 1. The Balaban J connectivity index is 2.04. The van der Waals surface area contributed by atoms with E-state index in [0.717, 1.165) is 11.3 Å². The van der Waals surface area contributed by atoms with Crippen LogP contribution in [0.15, 0.2) is 54.6 Å². The summed E-state index contributed by atoms with van der Waals surface area (Å²) in [6, 6.07) is 16.2. The number of nitrogens with zero attached hydrogens (tertiary/aromatic N) is 1. The average molecular weight is 291 g/mol. The lowest BCUT2D eigenvalue weighted by atomic mass is 10.1. The Labute approximate surface area is 130 Å². The highest BCUT2D eigenvalue weighted by molar-refractivity contribution is 6.06. The van der Waals surface area contributed by atoms with Crippen LogP contribution in [-0.2, 0) is 0 Å². The van der Waals surface area contributed by atoms with Crippen LogP contribution in [0.25, 0.3) is 6.08 Å². The van der Waals surface area contributed by atoms with Gasteiger partial charge in [-0.1, -0.05) is 18.2 Å². The fourth-order valence-electron chi connectivity index (χ4n) is 1.91. The van der Waals surface area contributed by atoms with Crippen LogP contribution < -0.4 is 4.74 Å². The largest absolute Gasteiger partial charge is 0.491 e. The first-order valence-electron chi connectivity index (χ1n) is 7.08. The molecule has 3 heteroatoms. The standard InChI is InChI=1S/C19H17NO2/c1-14(2)22-18-10-5-15(6-11-18)7-12-19(21)17-8-3-16(13-20)4-9-17/h3-12,14H,1-2H3. The van der Waals surface area contributed by atoms with Gasteiger partial charge in [-0.15, -0.1) is 0 Å². The maximum atomic E-state index is 12.0. The van der Waals surface area contributed by atoms with Gasteiger partial charge >= 0.3 is 0 Å². The molecule has 0 N–H and O–H groups in total. The summed E-state index contributed by atoms with van der Waals surface area (Å²) >= 11 is 0. The number of benzene rings is 2. The van der Waals surface area contributed by atoms with E-state index in [1.807, 2.05) is 44.2 Å². The van der Waals surface area contributed by atoms with E-state index >= 15 is 0 Å². The molecule has 22 heavy (non-hydrogen) atoms. The fraction of sp³-hybridized carbons (Fsp3) is 0.158. The van der Waals surface area contributed by atoms with Crippen LogP contribution in [0.1, 0.15) is 35.3 Å². The number of carbonyl (C=O) groups is 1. The number of ketones is 1. The van der Waals surface area contributed by atoms with Gasteiger partial charge in [0.25, 0.3) is 0 Å². The van der Waals surface area contributed by atoms with Crippen LogP contribution in [0.4, 0.5) is 0 Å². The first-order valence-corrected chi connectivity index (χ1v) is 7.08. The highest BCUT2D eigenvalue weighted by Crippen LogP contribution is 2.15. The Kier molecular flexibility index (Phi) is 5.11. The number of hydrogen-bond donors (Lipinski definition) is 0. The summed E-state index contributed by atoms with van der Waals surface area (Å²) < 4.78 is 5.57. The Hall–Kier alpha value is -2.86. The summed E-state index contributed by atoms with van der Waals surface area (Å²) in [6.45, 7) is 3.95. The molecule has 0 radical (unpaired) electrons. The van der Waals surface area contributed by atoms with Gasteiger partial charge in [0.05, 0.1) is 17.7 Å². The molecule has 3 nitrogen and oxygen atoms in total. The maximum Gasteiger partial charge on any atom is 0.185 e. The molecule has 0 saturated heterocycles. The third-order valence-corrected chi connectivity index (χ3v) is 2.98. The van der Waals surface area contributed by atoms with E-state index in [1.165, 1.54) is 6.08 Å². The summed E-state index contributed by atoms with van der Waals surface area (Å²) in [6.07, 6.45) is 3.43. The molecule has 0 atom stereocenters. The summed E-state index contributed by atoms with van der Waals surface area (Å²) in [4.78, 5) is 12.0. The molecule has 0 saturated carbocycles. The fourth-order valence-corrected chi connectivity index (χ4v) is 1.91. The third kappa shape index (κ3) is 4.32. The Morgan fingerprint density at radius 1 is 1.09 bits per heavy atom. The van der Waals surface area contributed by atoms with Crippen LogP contribution in [0.5, 0.6) is 5.75 Å².